The largest absolute Gasteiger partial charge is 0.465 e. The summed E-state index contributed by atoms with van der Waals surface area (Å²) in [7, 11) is 0. The molecule has 1 aliphatic heterocycles. The van der Waals surface area contributed by atoms with Gasteiger partial charge in [0.25, 0.3) is 0 Å². The van der Waals surface area contributed by atoms with Crippen LogP contribution in [0.15, 0.2) is 0 Å². The van der Waals surface area contributed by atoms with Crippen molar-refractivity contribution in [3.8, 4) is 0 Å². The molecule has 4 heteroatoms. The lowest BCUT2D eigenvalue weighted by atomic mass is 9.90. The number of rotatable bonds is 7. The van der Waals surface area contributed by atoms with Crippen LogP contribution in [0.5, 0.6) is 0 Å². The molecule has 0 radical (unpaired) electrons. The van der Waals surface area contributed by atoms with Gasteiger partial charge in [0.1, 0.15) is 5.54 Å². The fourth-order valence-corrected chi connectivity index (χ4v) is 3.79. The van der Waals surface area contributed by atoms with E-state index in [0.717, 1.165) is 25.6 Å². The van der Waals surface area contributed by atoms with Gasteiger partial charge < -0.3 is 9.64 Å². The van der Waals surface area contributed by atoms with Gasteiger partial charge in [-0.25, -0.2) is 4.79 Å². The quantitative estimate of drug-likeness (QED) is 0.731. The fraction of sp³-hybridized carbons (Fsp3) is 0.941. The normalized spacial score (nSPS) is 29.9. The van der Waals surface area contributed by atoms with E-state index in [4.69, 9.17) is 4.74 Å². The molecule has 3 rings (SSSR count). The molecular formula is C17H30N2O2. The van der Waals surface area contributed by atoms with Crippen LogP contribution in [0.2, 0.25) is 0 Å². The lowest BCUT2D eigenvalue weighted by Gasteiger charge is -2.40. The first kappa shape index (κ1) is 15.3. The topological polar surface area (TPSA) is 41.6 Å². The maximum absolute atomic E-state index is 12.8. The van der Waals surface area contributed by atoms with Crippen LogP contribution < -0.4 is 5.32 Å². The van der Waals surface area contributed by atoms with Crippen LogP contribution in [0.1, 0.15) is 52.4 Å². The highest BCUT2D eigenvalue weighted by Gasteiger charge is 2.54. The van der Waals surface area contributed by atoms with Crippen LogP contribution in [0.4, 0.5) is 0 Å². The van der Waals surface area contributed by atoms with E-state index in [-0.39, 0.29) is 5.97 Å². The molecule has 1 N–H and O–H groups in total. The van der Waals surface area contributed by atoms with E-state index in [2.05, 4.69) is 17.1 Å². The van der Waals surface area contributed by atoms with Gasteiger partial charge in [-0.05, 0) is 63.8 Å². The van der Waals surface area contributed by atoms with Crippen molar-refractivity contribution in [3.05, 3.63) is 0 Å². The second-order valence-electron chi connectivity index (χ2n) is 7.37. The minimum Gasteiger partial charge on any atom is -0.465 e. The SMILES string of the molecule is CCOC(=O)C(CN1CCCC(C)C1)(NC1CC1)C1CC1. The molecule has 2 atom stereocenters. The van der Waals surface area contributed by atoms with Crippen molar-refractivity contribution in [1.29, 1.82) is 0 Å². The van der Waals surface area contributed by atoms with E-state index in [1.54, 1.807) is 0 Å². The Kier molecular flexibility index (Phi) is 4.55. The van der Waals surface area contributed by atoms with E-state index in [1.165, 1.54) is 38.5 Å². The Morgan fingerprint density at radius 2 is 2.05 bits per heavy atom. The molecule has 1 saturated heterocycles. The van der Waals surface area contributed by atoms with Gasteiger partial charge in [-0.3, -0.25) is 5.32 Å². The van der Waals surface area contributed by atoms with E-state index in [0.29, 0.717) is 18.6 Å². The molecule has 0 spiro atoms. The van der Waals surface area contributed by atoms with Crippen LogP contribution in [0.25, 0.3) is 0 Å². The Morgan fingerprint density at radius 3 is 2.62 bits per heavy atom. The Bertz CT molecular complexity index is 379. The van der Waals surface area contributed by atoms with Gasteiger partial charge in [0.2, 0.25) is 0 Å². The molecule has 0 amide bonds. The van der Waals surface area contributed by atoms with Gasteiger partial charge in [0, 0.05) is 19.1 Å². The van der Waals surface area contributed by atoms with Gasteiger partial charge >= 0.3 is 5.97 Å². The van der Waals surface area contributed by atoms with Crippen molar-refractivity contribution >= 4 is 5.97 Å². The summed E-state index contributed by atoms with van der Waals surface area (Å²) in [6.07, 6.45) is 7.34. The average molecular weight is 294 g/mol. The summed E-state index contributed by atoms with van der Waals surface area (Å²) in [6.45, 7) is 7.82. The van der Waals surface area contributed by atoms with Crippen molar-refractivity contribution in [3.63, 3.8) is 0 Å². The summed E-state index contributed by atoms with van der Waals surface area (Å²) >= 11 is 0. The molecule has 0 bridgehead atoms. The molecule has 2 unspecified atom stereocenters. The highest BCUT2D eigenvalue weighted by molar-refractivity contribution is 5.82. The van der Waals surface area contributed by atoms with E-state index >= 15 is 0 Å². The lowest BCUT2D eigenvalue weighted by molar-refractivity contribution is -0.153. The molecule has 21 heavy (non-hydrogen) atoms. The Balaban J connectivity index is 1.74. The van der Waals surface area contributed by atoms with E-state index < -0.39 is 5.54 Å². The summed E-state index contributed by atoms with van der Waals surface area (Å²) < 4.78 is 5.48. The molecule has 2 saturated carbocycles. The number of piperidine rings is 1. The summed E-state index contributed by atoms with van der Waals surface area (Å²) in [6, 6.07) is 0.539. The summed E-state index contributed by atoms with van der Waals surface area (Å²) in [5.74, 6) is 1.23. The minimum absolute atomic E-state index is 0.00220. The highest BCUT2D eigenvalue weighted by atomic mass is 16.5. The van der Waals surface area contributed by atoms with Crippen LogP contribution in [0.3, 0.4) is 0 Å². The zero-order valence-electron chi connectivity index (χ0n) is 13.6. The molecular weight excluding hydrogens is 264 g/mol. The van der Waals surface area contributed by atoms with Crippen molar-refractivity contribution in [1.82, 2.24) is 10.2 Å². The first-order valence-electron chi connectivity index (χ1n) is 8.81. The van der Waals surface area contributed by atoms with Gasteiger partial charge in [0.15, 0.2) is 0 Å². The molecule has 4 nitrogen and oxygen atoms in total. The number of hydrogen-bond donors (Lipinski definition) is 1. The monoisotopic (exact) mass is 294 g/mol. The molecule has 0 aromatic rings. The van der Waals surface area contributed by atoms with E-state index in [1.807, 2.05) is 6.92 Å². The molecule has 1 heterocycles. The van der Waals surface area contributed by atoms with Gasteiger partial charge in [0.05, 0.1) is 6.61 Å². The first-order valence-corrected chi connectivity index (χ1v) is 8.81. The number of carbonyl (C=O) groups excluding carboxylic acids is 1. The number of esters is 1. The molecule has 3 aliphatic rings. The fourth-order valence-electron chi connectivity index (χ4n) is 3.79. The zero-order chi connectivity index (χ0) is 14.9. The van der Waals surface area contributed by atoms with Gasteiger partial charge in [-0.1, -0.05) is 6.92 Å². The molecule has 120 valence electrons. The zero-order valence-corrected chi connectivity index (χ0v) is 13.6. The Hall–Kier alpha value is -0.610. The predicted octanol–water partition coefficient (Wildman–Crippen LogP) is 2.18. The third kappa shape index (κ3) is 3.59. The smallest absolute Gasteiger partial charge is 0.327 e. The predicted molar refractivity (Wildman–Crippen MR) is 83.1 cm³/mol. The number of hydrogen-bond acceptors (Lipinski definition) is 4. The minimum atomic E-state index is -0.436. The van der Waals surface area contributed by atoms with Crippen molar-refractivity contribution in [2.24, 2.45) is 11.8 Å². The summed E-state index contributed by atoms with van der Waals surface area (Å²) in [4.78, 5) is 15.3. The third-order valence-electron chi connectivity index (χ3n) is 5.17. The molecule has 0 aromatic heterocycles. The Labute approximate surface area is 128 Å². The number of likely N-dealkylation sites (tertiary alicyclic amines) is 1. The molecule has 0 aromatic carbocycles. The second-order valence-corrected chi connectivity index (χ2v) is 7.37. The van der Waals surface area contributed by atoms with Gasteiger partial charge in [-0.2, -0.15) is 0 Å². The Morgan fingerprint density at radius 1 is 1.29 bits per heavy atom. The third-order valence-corrected chi connectivity index (χ3v) is 5.17. The van der Waals surface area contributed by atoms with E-state index in [9.17, 15) is 4.79 Å². The van der Waals surface area contributed by atoms with Crippen molar-refractivity contribution in [2.45, 2.75) is 64.0 Å². The molecule has 2 aliphatic carbocycles. The lowest BCUT2D eigenvalue weighted by Crippen LogP contribution is -2.62. The second kappa shape index (κ2) is 6.25. The molecule has 3 fully saturated rings. The van der Waals surface area contributed by atoms with Crippen molar-refractivity contribution < 1.29 is 9.53 Å². The number of carbonyl (C=O) groups is 1. The van der Waals surface area contributed by atoms with Crippen LogP contribution >= 0.6 is 0 Å². The van der Waals surface area contributed by atoms with Crippen LogP contribution in [-0.4, -0.2) is 48.7 Å². The summed E-state index contributed by atoms with van der Waals surface area (Å²) in [5, 5.41) is 3.70. The standard InChI is InChI=1S/C17H30N2O2/c1-3-21-16(20)17(14-6-7-14,18-15-8-9-15)12-19-10-4-5-13(2)11-19/h13-15,18H,3-12H2,1-2H3. The first-order chi connectivity index (χ1) is 10.1. The maximum Gasteiger partial charge on any atom is 0.327 e. The number of nitrogens with one attached hydrogen (secondary N) is 1. The number of nitrogens with zero attached hydrogens (tertiary/aromatic N) is 1. The van der Waals surface area contributed by atoms with Crippen molar-refractivity contribution in [2.75, 3.05) is 26.2 Å². The highest BCUT2D eigenvalue weighted by Crippen LogP contribution is 2.43. The number of ether oxygens (including phenoxy) is 1. The van der Waals surface area contributed by atoms with Crippen LogP contribution in [-0.2, 0) is 9.53 Å². The maximum atomic E-state index is 12.8. The van der Waals surface area contributed by atoms with Gasteiger partial charge in [-0.15, -0.1) is 0 Å². The average Bonchev–Trinajstić information content (AvgIpc) is 3.32. The van der Waals surface area contributed by atoms with Crippen LogP contribution in [0, 0.1) is 11.8 Å². The summed E-state index contributed by atoms with van der Waals surface area (Å²) in [5.41, 5.74) is -0.436.